The number of amidine groups is 1. The summed E-state index contributed by atoms with van der Waals surface area (Å²) in [5, 5.41) is 5.41. The van der Waals surface area contributed by atoms with Gasteiger partial charge < -0.3 is 5.32 Å². The van der Waals surface area contributed by atoms with Gasteiger partial charge in [0.15, 0.2) is 0 Å². The smallest absolute Gasteiger partial charge is 0.122 e. The molecule has 2 heterocycles. The summed E-state index contributed by atoms with van der Waals surface area (Å²) in [7, 11) is 1.79. The van der Waals surface area contributed by atoms with Crippen LogP contribution < -0.4 is 5.32 Å². The molecule has 0 bridgehead atoms. The third kappa shape index (κ3) is 1.95. The molecular weight excluding hydrogens is 242 g/mol. The molecule has 1 aliphatic heterocycles. The first-order valence-electron chi connectivity index (χ1n) is 5.79. The Morgan fingerprint density at radius 1 is 1.22 bits per heavy atom. The molecule has 0 fully saturated rings. The maximum atomic E-state index is 4.69. The van der Waals surface area contributed by atoms with Crippen molar-refractivity contribution in [1.29, 1.82) is 0 Å². The standard InChI is InChI=1S/C14H13N3S/c1-15-12-9-16-13(10-5-3-2-4-6-10)14-11(17-12)7-8-18-14/h2-8H,9H2,1H3,(H,15,17). The lowest BCUT2D eigenvalue weighted by molar-refractivity contribution is 1.26. The molecular formula is C14H13N3S. The van der Waals surface area contributed by atoms with Crippen LogP contribution in [0.4, 0.5) is 5.69 Å². The molecule has 0 radical (unpaired) electrons. The average molecular weight is 255 g/mol. The van der Waals surface area contributed by atoms with Crippen molar-refractivity contribution in [2.75, 3.05) is 18.9 Å². The molecule has 1 aliphatic rings. The molecule has 90 valence electrons. The van der Waals surface area contributed by atoms with Gasteiger partial charge in [0.2, 0.25) is 0 Å². The summed E-state index contributed by atoms with van der Waals surface area (Å²) in [5.41, 5.74) is 3.30. The summed E-state index contributed by atoms with van der Waals surface area (Å²) in [6.07, 6.45) is 0. The van der Waals surface area contributed by atoms with Gasteiger partial charge in [-0.1, -0.05) is 30.3 Å². The summed E-state index contributed by atoms with van der Waals surface area (Å²) in [6, 6.07) is 12.4. The van der Waals surface area contributed by atoms with E-state index in [0.717, 1.165) is 22.8 Å². The van der Waals surface area contributed by atoms with E-state index in [1.165, 1.54) is 4.88 Å². The molecule has 0 unspecified atom stereocenters. The van der Waals surface area contributed by atoms with Crippen LogP contribution >= 0.6 is 11.3 Å². The number of rotatable bonds is 1. The molecule has 0 spiro atoms. The first kappa shape index (κ1) is 11.2. The van der Waals surface area contributed by atoms with Crippen molar-refractivity contribution in [1.82, 2.24) is 0 Å². The quantitative estimate of drug-likeness (QED) is 0.835. The summed E-state index contributed by atoms with van der Waals surface area (Å²) in [4.78, 5) is 10.1. The monoisotopic (exact) mass is 255 g/mol. The fourth-order valence-electron chi connectivity index (χ4n) is 1.96. The second kappa shape index (κ2) is 4.74. The Morgan fingerprint density at radius 3 is 2.83 bits per heavy atom. The van der Waals surface area contributed by atoms with Gasteiger partial charge in [0.1, 0.15) is 5.84 Å². The molecule has 0 amide bonds. The van der Waals surface area contributed by atoms with Crippen molar-refractivity contribution in [2.45, 2.75) is 0 Å². The molecule has 4 heteroatoms. The van der Waals surface area contributed by atoms with Crippen LogP contribution in [0.2, 0.25) is 0 Å². The molecule has 1 aromatic carbocycles. The SMILES string of the molecule is CN=C1CN=C(c2ccccc2)c2sccc2N1. The highest BCUT2D eigenvalue weighted by molar-refractivity contribution is 7.13. The number of hydrogen-bond acceptors (Lipinski definition) is 3. The van der Waals surface area contributed by atoms with Gasteiger partial charge in [-0.25, -0.2) is 0 Å². The van der Waals surface area contributed by atoms with Gasteiger partial charge in [0.05, 0.1) is 22.8 Å². The number of nitrogens with zero attached hydrogens (tertiary/aromatic N) is 2. The lowest BCUT2D eigenvalue weighted by atomic mass is 10.1. The Hall–Kier alpha value is -1.94. The van der Waals surface area contributed by atoms with Gasteiger partial charge in [0, 0.05) is 12.6 Å². The van der Waals surface area contributed by atoms with E-state index in [1.807, 2.05) is 18.2 Å². The van der Waals surface area contributed by atoms with E-state index >= 15 is 0 Å². The zero-order valence-electron chi connectivity index (χ0n) is 10.1. The summed E-state index contributed by atoms with van der Waals surface area (Å²) in [5.74, 6) is 0.903. The zero-order chi connectivity index (χ0) is 12.4. The number of hydrogen-bond donors (Lipinski definition) is 1. The number of anilines is 1. The molecule has 0 atom stereocenters. The Labute approximate surface area is 110 Å². The molecule has 1 aromatic heterocycles. The summed E-state index contributed by atoms with van der Waals surface area (Å²) >= 11 is 1.71. The highest BCUT2D eigenvalue weighted by Crippen LogP contribution is 2.27. The van der Waals surface area contributed by atoms with E-state index in [4.69, 9.17) is 4.99 Å². The Balaban J connectivity index is 2.13. The number of benzene rings is 1. The van der Waals surface area contributed by atoms with Crippen LogP contribution in [0, 0.1) is 0 Å². The molecule has 3 rings (SSSR count). The molecule has 1 N–H and O–H groups in total. The number of aliphatic imine (C=N–C) groups is 2. The van der Waals surface area contributed by atoms with E-state index in [0.29, 0.717) is 6.54 Å². The number of thiophene rings is 1. The van der Waals surface area contributed by atoms with Crippen molar-refractivity contribution in [3.8, 4) is 0 Å². The third-order valence-corrected chi connectivity index (χ3v) is 3.78. The lowest BCUT2D eigenvalue weighted by Gasteiger charge is -2.04. The van der Waals surface area contributed by atoms with Gasteiger partial charge in [-0.05, 0) is 11.4 Å². The maximum absolute atomic E-state index is 4.69. The van der Waals surface area contributed by atoms with Gasteiger partial charge in [-0.3, -0.25) is 9.98 Å². The predicted molar refractivity (Wildman–Crippen MR) is 78.2 cm³/mol. The minimum Gasteiger partial charge on any atom is -0.341 e. The largest absolute Gasteiger partial charge is 0.341 e. The molecule has 2 aromatic rings. The minimum atomic E-state index is 0.599. The first-order valence-corrected chi connectivity index (χ1v) is 6.67. The van der Waals surface area contributed by atoms with Crippen LogP contribution in [0.1, 0.15) is 10.4 Å². The molecule has 0 aliphatic carbocycles. The Bertz CT molecular complexity index is 611. The van der Waals surface area contributed by atoms with Crippen molar-refractivity contribution in [3.05, 3.63) is 52.2 Å². The van der Waals surface area contributed by atoms with Crippen molar-refractivity contribution < 1.29 is 0 Å². The van der Waals surface area contributed by atoms with E-state index < -0.39 is 0 Å². The van der Waals surface area contributed by atoms with E-state index in [2.05, 4.69) is 33.9 Å². The fraction of sp³-hybridized carbons (Fsp3) is 0.143. The average Bonchev–Trinajstić information content (AvgIpc) is 2.80. The zero-order valence-corrected chi connectivity index (χ0v) is 10.9. The van der Waals surface area contributed by atoms with Gasteiger partial charge >= 0.3 is 0 Å². The number of nitrogens with one attached hydrogen (secondary N) is 1. The molecule has 3 nitrogen and oxygen atoms in total. The summed E-state index contributed by atoms with van der Waals surface area (Å²) in [6.45, 7) is 0.599. The molecule has 0 saturated carbocycles. The molecule has 0 saturated heterocycles. The highest BCUT2D eigenvalue weighted by Gasteiger charge is 2.17. The minimum absolute atomic E-state index is 0.599. The Kier molecular flexibility index (Phi) is 2.94. The maximum Gasteiger partial charge on any atom is 0.122 e. The van der Waals surface area contributed by atoms with Crippen LogP contribution in [-0.4, -0.2) is 25.1 Å². The summed E-state index contributed by atoms with van der Waals surface area (Å²) < 4.78 is 0. The first-order chi connectivity index (χ1) is 8.88. The van der Waals surface area contributed by atoms with Crippen LogP contribution in [0.25, 0.3) is 0 Å². The fourth-order valence-corrected chi connectivity index (χ4v) is 2.84. The second-order valence-electron chi connectivity index (χ2n) is 3.99. The number of fused-ring (bicyclic) bond motifs is 1. The van der Waals surface area contributed by atoms with E-state index in [-0.39, 0.29) is 0 Å². The predicted octanol–water partition coefficient (Wildman–Crippen LogP) is 3.04. The molecule has 18 heavy (non-hydrogen) atoms. The van der Waals surface area contributed by atoms with Gasteiger partial charge in [-0.15, -0.1) is 11.3 Å². The second-order valence-corrected chi connectivity index (χ2v) is 4.91. The van der Waals surface area contributed by atoms with Crippen molar-refractivity contribution in [3.63, 3.8) is 0 Å². The van der Waals surface area contributed by atoms with E-state index in [9.17, 15) is 0 Å². The lowest BCUT2D eigenvalue weighted by Crippen LogP contribution is -2.13. The van der Waals surface area contributed by atoms with Crippen LogP contribution in [0.3, 0.4) is 0 Å². The van der Waals surface area contributed by atoms with E-state index in [1.54, 1.807) is 18.4 Å². The van der Waals surface area contributed by atoms with Gasteiger partial charge in [-0.2, -0.15) is 0 Å². The topological polar surface area (TPSA) is 36.8 Å². The Morgan fingerprint density at radius 2 is 2.06 bits per heavy atom. The van der Waals surface area contributed by atoms with Crippen LogP contribution in [-0.2, 0) is 0 Å². The third-order valence-electron chi connectivity index (χ3n) is 2.86. The van der Waals surface area contributed by atoms with Gasteiger partial charge in [0.25, 0.3) is 0 Å². The van der Waals surface area contributed by atoms with Crippen molar-refractivity contribution in [2.24, 2.45) is 9.98 Å². The highest BCUT2D eigenvalue weighted by atomic mass is 32.1. The van der Waals surface area contributed by atoms with Crippen LogP contribution in [0.5, 0.6) is 0 Å². The van der Waals surface area contributed by atoms with Crippen molar-refractivity contribution >= 4 is 28.6 Å². The normalized spacial score (nSPS) is 16.7. The van der Waals surface area contributed by atoms with Crippen LogP contribution in [0.15, 0.2) is 51.8 Å².